The predicted octanol–water partition coefficient (Wildman–Crippen LogP) is 1.44. The highest BCUT2D eigenvalue weighted by molar-refractivity contribution is 7.03. The zero-order chi connectivity index (χ0) is 7.52. The van der Waals surface area contributed by atoms with E-state index in [0.29, 0.717) is 0 Å². The van der Waals surface area contributed by atoms with Gasteiger partial charge in [-0.05, 0) is 30.4 Å². The predicted molar refractivity (Wildman–Crippen MR) is 46.8 cm³/mol. The number of nitrogens with one attached hydrogen (secondary N) is 1. The molecule has 1 aliphatic carbocycles. The maximum atomic E-state index is 4.24. The van der Waals surface area contributed by atoms with E-state index in [9.17, 15) is 0 Å². The molecule has 1 aromatic heterocycles. The average molecular weight is 168 g/mol. The standard InChI is InChI=1S/C8H12N2S/c1-2-7(1)9-5-3-8-4-6-11-10-8/h4,6-7,9H,1-3,5H2. The molecule has 3 heteroatoms. The lowest BCUT2D eigenvalue weighted by Crippen LogP contribution is -2.19. The van der Waals surface area contributed by atoms with Crippen molar-refractivity contribution in [3.8, 4) is 0 Å². The summed E-state index contributed by atoms with van der Waals surface area (Å²) in [5.41, 5.74) is 1.23. The van der Waals surface area contributed by atoms with Crippen LogP contribution in [0.2, 0.25) is 0 Å². The minimum atomic E-state index is 0.827. The summed E-state index contributed by atoms with van der Waals surface area (Å²) in [6.45, 7) is 1.09. The number of hydrogen-bond donors (Lipinski definition) is 1. The fourth-order valence-electron chi connectivity index (χ4n) is 1.06. The topological polar surface area (TPSA) is 24.9 Å². The molecule has 11 heavy (non-hydrogen) atoms. The first-order valence-electron chi connectivity index (χ1n) is 4.08. The second-order valence-corrected chi connectivity index (χ2v) is 3.63. The number of nitrogens with zero attached hydrogens (tertiary/aromatic N) is 1. The number of rotatable bonds is 4. The van der Waals surface area contributed by atoms with Crippen molar-refractivity contribution < 1.29 is 0 Å². The summed E-state index contributed by atoms with van der Waals surface area (Å²) in [5.74, 6) is 0. The van der Waals surface area contributed by atoms with Crippen molar-refractivity contribution >= 4 is 11.5 Å². The zero-order valence-corrected chi connectivity index (χ0v) is 7.23. The second kappa shape index (κ2) is 3.32. The van der Waals surface area contributed by atoms with E-state index in [2.05, 4.69) is 15.8 Å². The second-order valence-electron chi connectivity index (χ2n) is 2.97. The van der Waals surface area contributed by atoms with Crippen LogP contribution in [0.3, 0.4) is 0 Å². The monoisotopic (exact) mass is 168 g/mol. The Morgan fingerprint density at radius 1 is 1.64 bits per heavy atom. The third-order valence-electron chi connectivity index (χ3n) is 1.88. The van der Waals surface area contributed by atoms with Crippen LogP contribution in [-0.4, -0.2) is 17.0 Å². The highest BCUT2D eigenvalue weighted by Crippen LogP contribution is 2.18. The molecular formula is C8H12N2S. The Bertz CT molecular complexity index is 204. The highest BCUT2D eigenvalue weighted by Gasteiger charge is 2.19. The molecule has 1 aromatic rings. The Hall–Kier alpha value is -0.410. The molecule has 1 fully saturated rings. The van der Waals surface area contributed by atoms with Crippen molar-refractivity contribution in [3.63, 3.8) is 0 Å². The highest BCUT2D eigenvalue weighted by atomic mass is 32.1. The van der Waals surface area contributed by atoms with Crippen LogP contribution in [0.4, 0.5) is 0 Å². The molecule has 0 bridgehead atoms. The van der Waals surface area contributed by atoms with E-state index in [0.717, 1.165) is 19.0 Å². The van der Waals surface area contributed by atoms with E-state index in [4.69, 9.17) is 0 Å². The molecule has 0 aliphatic heterocycles. The van der Waals surface area contributed by atoms with Crippen molar-refractivity contribution in [1.82, 2.24) is 9.69 Å². The van der Waals surface area contributed by atoms with Crippen LogP contribution in [0.5, 0.6) is 0 Å². The Morgan fingerprint density at radius 2 is 2.55 bits per heavy atom. The van der Waals surface area contributed by atoms with Gasteiger partial charge in [-0.3, -0.25) is 0 Å². The van der Waals surface area contributed by atoms with Crippen molar-refractivity contribution in [2.45, 2.75) is 25.3 Å². The molecule has 0 saturated heterocycles. The Balaban J connectivity index is 1.66. The van der Waals surface area contributed by atoms with Crippen LogP contribution in [0.25, 0.3) is 0 Å². The van der Waals surface area contributed by atoms with Gasteiger partial charge >= 0.3 is 0 Å². The Labute approximate surface area is 70.8 Å². The van der Waals surface area contributed by atoms with Gasteiger partial charge in [-0.25, -0.2) is 0 Å². The van der Waals surface area contributed by atoms with Crippen LogP contribution in [0, 0.1) is 0 Å². The van der Waals surface area contributed by atoms with E-state index >= 15 is 0 Å². The maximum absolute atomic E-state index is 4.24. The first kappa shape index (κ1) is 7.25. The summed E-state index contributed by atoms with van der Waals surface area (Å²) in [6, 6.07) is 2.92. The largest absolute Gasteiger partial charge is 0.314 e. The molecule has 2 nitrogen and oxygen atoms in total. The quantitative estimate of drug-likeness (QED) is 0.736. The summed E-state index contributed by atoms with van der Waals surface area (Å²) in [7, 11) is 0. The summed E-state index contributed by atoms with van der Waals surface area (Å²) < 4.78 is 4.24. The zero-order valence-electron chi connectivity index (χ0n) is 6.42. The molecule has 0 unspecified atom stereocenters. The van der Waals surface area contributed by atoms with E-state index < -0.39 is 0 Å². The molecule has 0 spiro atoms. The van der Waals surface area contributed by atoms with Crippen LogP contribution in [0.15, 0.2) is 11.4 Å². The van der Waals surface area contributed by atoms with Crippen molar-refractivity contribution in [2.75, 3.05) is 6.54 Å². The lowest BCUT2D eigenvalue weighted by Gasteiger charge is -1.98. The molecule has 1 N–H and O–H groups in total. The third kappa shape index (κ3) is 2.27. The molecule has 0 atom stereocenters. The van der Waals surface area contributed by atoms with Crippen molar-refractivity contribution in [3.05, 3.63) is 17.1 Å². The van der Waals surface area contributed by atoms with Gasteiger partial charge in [-0.2, -0.15) is 4.37 Å². The maximum Gasteiger partial charge on any atom is 0.0554 e. The van der Waals surface area contributed by atoms with Gasteiger partial charge in [0.15, 0.2) is 0 Å². The summed E-state index contributed by atoms with van der Waals surface area (Å²) in [5, 5.41) is 5.49. The van der Waals surface area contributed by atoms with Gasteiger partial charge in [0.2, 0.25) is 0 Å². The normalized spacial score (nSPS) is 17.1. The minimum Gasteiger partial charge on any atom is -0.314 e. The van der Waals surface area contributed by atoms with E-state index in [1.807, 2.05) is 5.38 Å². The van der Waals surface area contributed by atoms with Gasteiger partial charge in [0.1, 0.15) is 0 Å². The molecule has 2 rings (SSSR count). The van der Waals surface area contributed by atoms with Gasteiger partial charge in [0.25, 0.3) is 0 Å². The SMILES string of the molecule is c1cc(CCNC2CC2)ns1. The van der Waals surface area contributed by atoms with E-state index in [1.165, 1.54) is 30.1 Å². The number of hydrogen-bond acceptors (Lipinski definition) is 3. The van der Waals surface area contributed by atoms with Crippen LogP contribution < -0.4 is 5.32 Å². The minimum absolute atomic E-state index is 0.827. The molecule has 1 aliphatic rings. The average Bonchev–Trinajstić information content (AvgIpc) is 2.66. The molecular weight excluding hydrogens is 156 g/mol. The molecule has 0 radical (unpaired) electrons. The summed E-state index contributed by atoms with van der Waals surface area (Å²) in [6.07, 6.45) is 3.83. The fourth-order valence-corrected chi connectivity index (χ4v) is 1.62. The molecule has 1 saturated carbocycles. The molecule has 0 aromatic carbocycles. The van der Waals surface area contributed by atoms with Crippen molar-refractivity contribution in [1.29, 1.82) is 0 Å². The van der Waals surface area contributed by atoms with E-state index in [-0.39, 0.29) is 0 Å². The smallest absolute Gasteiger partial charge is 0.0554 e. The van der Waals surface area contributed by atoms with Gasteiger partial charge < -0.3 is 5.32 Å². The van der Waals surface area contributed by atoms with Gasteiger partial charge in [-0.15, -0.1) is 0 Å². The fraction of sp³-hybridized carbons (Fsp3) is 0.625. The Kier molecular flexibility index (Phi) is 2.19. The lowest BCUT2D eigenvalue weighted by molar-refractivity contribution is 0.678. The molecule has 1 heterocycles. The van der Waals surface area contributed by atoms with Crippen molar-refractivity contribution in [2.24, 2.45) is 0 Å². The third-order valence-corrected chi connectivity index (χ3v) is 2.48. The first-order valence-corrected chi connectivity index (χ1v) is 4.91. The van der Waals surface area contributed by atoms with Crippen LogP contribution in [-0.2, 0) is 6.42 Å². The van der Waals surface area contributed by atoms with Gasteiger partial charge in [0, 0.05) is 24.4 Å². The van der Waals surface area contributed by atoms with Gasteiger partial charge in [0.05, 0.1) is 5.69 Å². The Morgan fingerprint density at radius 3 is 3.18 bits per heavy atom. The van der Waals surface area contributed by atoms with Gasteiger partial charge in [-0.1, -0.05) is 0 Å². The summed E-state index contributed by atoms with van der Waals surface area (Å²) in [4.78, 5) is 0. The van der Waals surface area contributed by atoms with Crippen LogP contribution in [0.1, 0.15) is 18.5 Å². The molecule has 0 amide bonds. The van der Waals surface area contributed by atoms with Crippen LogP contribution >= 0.6 is 11.5 Å². The molecule has 60 valence electrons. The lowest BCUT2D eigenvalue weighted by atomic mass is 10.3. The van der Waals surface area contributed by atoms with E-state index in [1.54, 1.807) is 0 Å². The number of aromatic nitrogens is 1. The summed E-state index contributed by atoms with van der Waals surface area (Å²) >= 11 is 1.54. The first-order chi connectivity index (χ1) is 5.45.